The number of thiophene rings is 1. The fraction of sp³-hybridized carbons (Fsp3) is 0.381. The Labute approximate surface area is 163 Å². The number of hydrogen-bond acceptors (Lipinski definition) is 4. The van der Waals surface area contributed by atoms with Gasteiger partial charge in [0.15, 0.2) is 6.29 Å². The van der Waals surface area contributed by atoms with Crippen molar-refractivity contribution in [2.45, 2.75) is 52.1 Å². The average molecular weight is 385 g/mol. The van der Waals surface area contributed by atoms with Crippen molar-refractivity contribution in [3.05, 3.63) is 45.8 Å². The van der Waals surface area contributed by atoms with Crippen LogP contribution < -0.4 is 10.6 Å². The molecule has 0 bridgehead atoms. The number of carbonyl (C=O) groups excluding carboxylic acids is 3. The highest BCUT2D eigenvalue weighted by Crippen LogP contribution is 2.34. The van der Waals surface area contributed by atoms with Gasteiger partial charge in [0.1, 0.15) is 4.88 Å². The molecule has 0 spiro atoms. The molecular weight excluding hydrogens is 360 g/mol. The van der Waals surface area contributed by atoms with E-state index in [0.717, 1.165) is 28.8 Å². The highest BCUT2D eigenvalue weighted by atomic mass is 32.1. The summed E-state index contributed by atoms with van der Waals surface area (Å²) in [5.74, 6) is -0.349. The molecule has 1 aliphatic carbocycles. The minimum atomic E-state index is -0.391. The topological polar surface area (TPSA) is 75.3 Å². The molecule has 5 nitrogen and oxygen atoms in total. The van der Waals surface area contributed by atoms with E-state index < -0.39 is 5.54 Å². The van der Waals surface area contributed by atoms with Crippen molar-refractivity contribution in [1.29, 1.82) is 0 Å². The minimum Gasteiger partial charge on any atom is -0.349 e. The second kappa shape index (κ2) is 7.27. The van der Waals surface area contributed by atoms with Gasteiger partial charge in [-0.25, -0.2) is 0 Å². The van der Waals surface area contributed by atoms with Crippen molar-refractivity contribution >= 4 is 29.4 Å². The summed E-state index contributed by atoms with van der Waals surface area (Å²) < 4.78 is 0. The molecule has 142 valence electrons. The summed E-state index contributed by atoms with van der Waals surface area (Å²) in [7, 11) is 0. The zero-order valence-corrected chi connectivity index (χ0v) is 16.8. The van der Waals surface area contributed by atoms with Crippen LogP contribution in [0.15, 0.2) is 24.3 Å². The first-order valence-corrected chi connectivity index (χ1v) is 9.83. The summed E-state index contributed by atoms with van der Waals surface area (Å²) >= 11 is 1.27. The van der Waals surface area contributed by atoms with Crippen LogP contribution in [0.3, 0.4) is 0 Å². The van der Waals surface area contributed by atoms with E-state index in [0.29, 0.717) is 28.3 Å². The summed E-state index contributed by atoms with van der Waals surface area (Å²) in [5.41, 5.74) is 2.41. The Bertz CT molecular complexity index is 905. The molecule has 1 aromatic heterocycles. The van der Waals surface area contributed by atoms with Gasteiger partial charge in [0.05, 0.1) is 0 Å². The van der Waals surface area contributed by atoms with Crippen molar-refractivity contribution in [2.24, 2.45) is 0 Å². The molecule has 2 N–H and O–H groups in total. The smallest absolute Gasteiger partial charge is 0.262 e. The Hall–Kier alpha value is -2.47. The van der Waals surface area contributed by atoms with Crippen LogP contribution in [-0.2, 0) is 0 Å². The number of benzene rings is 1. The van der Waals surface area contributed by atoms with Gasteiger partial charge in [0.25, 0.3) is 11.8 Å². The number of hydrogen-bond donors (Lipinski definition) is 2. The van der Waals surface area contributed by atoms with Crippen LogP contribution in [-0.4, -0.2) is 29.7 Å². The van der Waals surface area contributed by atoms with Crippen LogP contribution in [0, 0.1) is 6.92 Å². The Morgan fingerprint density at radius 2 is 1.85 bits per heavy atom. The highest BCUT2D eigenvalue weighted by Gasteiger charge is 2.25. The van der Waals surface area contributed by atoms with E-state index in [1.54, 1.807) is 12.1 Å². The average Bonchev–Trinajstić information content (AvgIpc) is 3.28. The maximum absolute atomic E-state index is 12.5. The quantitative estimate of drug-likeness (QED) is 0.766. The van der Waals surface area contributed by atoms with E-state index in [2.05, 4.69) is 10.6 Å². The minimum absolute atomic E-state index is 0.0865. The van der Waals surface area contributed by atoms with E-state index >= 15 is 0 Å². The monoisotopic (exact) mass is 384 g/mol. The van der Waals surface area contributed by atoms with Gasteiger partial charge >= 0.3 is 0 Å². The molecule has 0 radical (unpaired) electrons. The number of nitrogens with one attached hydrogen (secondary N) is 2. The van der Waals surface area contributed by atoms with E-state index in [4.69, 9.17) is 0 Å². The molecule has 27 heavy (non-hydrogen) atoms. The van der Waals surface area contributed by atoms with Crippen LogP contribution >= 0.6 is 11.3 Å². The van der Waals surface area contributed by atoms with E-state index in [1.807, 2.05) is 39.8 Å². The van der Waals surface area contributed by atoms with Gasteiger partial charge in [0, 0.05) is 27.6 Å². The number of aryl methyl sites for hydroxylation is 1. The molecule has 2 amide bonds. The van der Waals surface area contributed by atoms with Crippen LogP contribution in [0.4, 0.5) is 0 Å². The van der Waals surface area contributed by atoms with Crippen LogP contribution in [0.5, 0.6) is 0 Å². The predicted molar refractivity (Wildman–Crippen MR) is 108 cm³/mol. The molecule has 2 aromatic rings. The lowest BCUT2D eigenvalue weighted by Crippen LogP contribution is -2.40. The molecular formula is C21H24N2O3S. The van der Waals surface area contributed by atoms with Gasteiger partial charge in [-0.3, -0.25) is 14.4 Å². The van der Waals surface area contributed by atoms with Crippen LogP contribution in [0.25, 0.3) is 10.4 Å². The van der Waals surface area contributed by atoms with Crippen molar-refractivity contribution in [3.63, 3.8) is 0 Å². The van der Waals surface area contributed by atoms with Gasteiger partial charge in [-0.05, 0) is 69.9 Å². The highest BCUT2D eigenvalue weighted by molar-refractivity contribution is 7.17. The predicted octanol–water partition coefficient (Wildman–Crippen LogP) is 3.96. The molecule has 3 rings (SSSR count). The SMILES string of the molecule is Cc1ccc(C(=O)NC2CC2)cc1-c1cc(C=O)c(C(=O)NC(C)(C)C)s1. The standard InChI is InChI=1S/C21H24N2O3S/c1-12-5-6-13(19(25)22-15-7-8-15)9-16(12)17-10-14(11-24)18(27-17)20(26)23-21(2,3)4/h5-6,9-11,15H,7-8H2,1-4H3,(H,22,25)(H,23,26). The lowest BCUT2D eigenvalue weighted by molar-refractivity contribution is 0.0917. The van der Waals surface area contributed by atoms with Crippen LogP contribution in [0.1, 0.15) is 69.6 Å². The fourth-order valence-electron chi connectivity index (χ4n) is 2.73. The van der Waals surface area contributed by atoms with Gasteiger partial charge in [0.2, 0.25) is 0 Å². The maximum atomic E-state index is 12.5. The van der Waals surface area contributed by atoms with Gasteiger partial charge in [-0.1, -0.05) is 6.07 Å². The molecule has 1 heterocycles. The van der Waals surface area contributed by atoms with E-state index in [1.165, 1.54) is 11.3 Å². The second-order valence-electron chi connectivity index (χ2n) is 7.99. The first-order valence-electron chi connectivity index (χ1n) is 9.01. The second-order valence-corrected chi connectivity index (χ2v) is 9.05. The first kappa shape index (κ1) is 19.3. The lowest BCUT2D eigenvalue weighted by Gasteiger charge is -2.20. The van der Waals surface area contributed by atoms with Gasteiger partial charge in [-0.15, -0.1) is 11.3 Å². The normalized spacial score (nSPS) is 13.9. The fourth-order valence-corrected chi connectivity index (χ4v) is 3.83. The van der Waals surface area contributed by atoms with Gasteiger partial charge in [-0.2, -0.15) is 0 Å². The molecule has 6 heteroatoms. The van der Waals surface area contributed by atoms with E-state index in [-0.39, 0.29) is 11.8 Å². The van der Waals surface area contributed by atoms with E-state index in [9.17, 15) is 14.4 Å². The number of amides is 2. The summed E-state index contributed by atoms with van der Waals surface area (Å²) in [6.45, 7) is 7.64. The molecule has 1 saturated carbocycles. The zero-order valence-electron chi connectivity index (χ0n) is 16.0. The summed E-state index contributed by atoms with van der Waals surface area (Å²) in [6, 6.07) is 7.54. The third kappa shape index (κ3) is 4.63. The number of carbonyl (C=O) groups is 3. The lowest BCUT2D eigenvalue weighted by atomic mass is 10.0. The Kier molecular flexibility index (Phi) is 5.20. The Morgan fingerprint density at radius 1 is 1.15 bits per heavy atom. The summed E-state index contributed by atoms with van der Waals surface area (Å²) in [4.78, 5) is 37.6. The van der Waals surface area contributed by atoms with Crippen molar-refractivity contribution in [2.75, 3.05) is 0 Å². The molecule has 0 atom stereocenters. The third-order valence-corrected chi connectivity index (χ3v) is 5.44. The van der Waals surface area contributed by atoms with Crippen molar-refractivity contribution in [3.8, 4) is 10.4 Å². The molecule has 0 aliphatic heterocycles. The Morgan fingerprint density at radius 3 is 2.44 bits per heavy atom. The van der Waals surface area contributed by atoms with Gasteiger partial charge < -0.3 is 10.6 Å². The molecule has 0 saturated heterocycles. The van der Waals surface area contributed by atoms with Crippen molar-refractivity contribution in [1.82, 2.24) is 10.6 Å². The number of rotatable bonds is 5. The maximum Gasteiger partial charge on any atom is 0.262 e. The van der Waals surface area contributed by atoms with Crippen molar-refractivity contribution < 1.29 is 14.4 Å². The molecule has 0 unspecified atom stereocenters. The molecule has 1 aromatic carbocycles. The molecule has 1 aliphatic rings. The van der Waals surface area contributed by atoms with Crippen LogP contribution in [0.2, 0.25) is 0 Å². The summed E-state index contributed by atoms with van der Waals surface area (Å²) in [6.07, 6.45) is 2.77. The number of aldehydes is 1. The zero-order chi connectivity index (χ0) is 19.8. The first-order chi connectivity index (χ1) is 12.7. The largest absolute Gasteiger partial charge is 0.349 e. The summed E-state index contributed by atoms with van der Waals surface area (Å²) in [5, 5.41) is 5.88. The molecule has 1 fully saturated rings. The Balaban J connectivity index is 1.95. The third-order valence-electron chi connectivity index (χ3n) is 4.26.